The van der Waals surface area contributed by atoms with Crippen molar-refractivity contribution < 1.29 is 13.2 Å². The lowest BCUT2D eigenvalue weighted by atomic mass is 10.2. The molecule has 0 aromatic heterocycles. The van der Waals surface area contributed by atoms with Crippen LogP contribution < -0.4 is 9.62 Å². The van der Waals surface area contributed by atoms with E-state index in [0.29, 0.717) is 11.3 Å². The Kier molecular flexibility index (Phi) is 5.33. The summed E-state index contributed by atoms with van der Waals surface area (Å²) in [6, 6.07) is 13.2. The van der Waals surface area contributed by atoms with Crippen LogP contribution in [0, 0.1) is 0 Å². The number of nitrogens with zero attached hydrogens (tertiary/aromatic N) is 1. The number of sulfonamides is 1. The first-order chi connectivity index (χ1) is 10.9. The number of thioether (sulfide) groups is 1. The lowest BCUT2D eigenvalue weighted by molar-refractivity contribution is 0.0963. The van der Waals surface area contributed by atoms with Crippen LogP contribution in [-0.2, 0) is 10.0 Å². The van der Waals surface area contributed by atoms with Crippen molar-refractivity contribution in [2.75, 3.05) is 24.7 Å². The molecule has 0 aliphatic rings. The van der Waals surface area contributed by atoms with Crippen LogP contribution in [0.25, 0.3) is 0 Å². The second kappa shape index (κ2) is 7.06. The van der Waals surface area contributed by atoms with Crippen molar-refractivity contribution >= 4 is 33.4 Å². The third kappa shape index (κ3) is 3.68. The van der Waals surface area contributed by atoms with Gasteiger partial charge in [-0.2, -0.15) is 0 Å². The number of amides is 1. The molecule has 0 radical (unpaired) electrons. The Hall–Kier alpha value is -1.99. The Labute approximate surface area is 140 Å². The lowest BCUT2D eigenvalue weighted by Gasteiger charge is -2.20. The monoisotopic (exact) mass is 350 g/mol. The van der Waals surface area contributed by atoms with Gasteiger partial charge >= 0.3 is 0 Å². The summed E-state index contributed by atoms with van der Waals surface area (Å²) in [7, 11) is -0.593. The molecule has 0 atom stereocenters. The number of hydrogen-bond acceptors (Lipinski definition) is 4. The zero-order chi connectivity index (χ0) is 17.0. The molecule has 2 aromatic rings. The van der Waals surface area contributed by atoms with Crippen molar-refractivity contribution in [3.8, 4) is 0 Å². The highest BCUT2D eigenvalue weighted by Gasteiger charge is 2.21. The van der Waals surface area contributed by atoms with Crippen LogP contribution in [0.5, 0.6) is 0 Å². The van der Waals surface area contributed by atoms with Gasteiger partial charge in [-0.25, -0.2) is 8.42 Å². The number of nitrogens with one attached hydrogen (secondary N) is 1. The maximum absolute atomic E-state index is 12.6. The Bertz CT molecular complexity index is 785. The molecule has 0 spiro atoms. The molecule has 0 bridgehead atoms. The molecule has 0 aliphatic heterocycles. The van der Waals surface area contributed by atoms with E-state index in [1.165, 1.54) is 11.4 Å². The number of benzene rings is 2. The van der Waals surface area contributed by atoms with E-state index in [9.17, 15) is 13.2 Å². The van der Waals surface area contributed by atoms with Gasteiger partial charge in [0.2, 0.25) is 0 Å². The smallest absolute Gasteiger partial charge is 0.264 e. The van der Waals surface area contributed by atoms with Crippen LogP contribution in [0.1, 0.15) is 10.4 Å². The number of rotatable bonds is 5. The lowest BCUT2D eigenvalue weighted by Crippen LogP contribution is -2.26. The molecule has 7 heteroatoms. The largest absolute Gasteiger partial charge is 0.355 e. The van der Waals surface area contributed by atoms with Gasteiger partial charge < -0.3 is 5.32 Å². The topological polar surface area (TPSA) is 66.5 Å². The van der Waals surface area contributed by atoms with Crippen molar-refractivity contribution in [1.82, 2.24) is 5.32 Å². The van der Waals surface area contributed by atoms with E-state index in [1.807, 2.05) is 6.26 Å². The average molecular weight is 350 g/mol. The number of hydrogen-bond donors (Lipinski definition) is 1. The van der Waals surface area contributed by atoms with Gasteiger partial charge in [0.15, 0.2) is 0 Å². The van der Waals surface area contributed by atoms with Gasteiger partial charge in [-0.3, -0.25) is 9.10 Å². The third-order valence-electron chi connectivity index (χ3n) is 3.44. The van der Waals surface area contributed by atoms with E-state index in [-0.39, 0.29) is 10.8 Å². The zero-order valence-corrected chi connectivity index (χ0v) is 14.7. The first-order valence-corrected chi connectivity index (χ1v) is 9.51. The summed E-state index contributed by atoms with van der Waals surface area (Å²) in [4.78, 5) is 12.8. The fourth-order valence-electron chi connectivity index (χ4n) is 2.01. The fraction of sp³-hybridized carbons (Fsp3) is 0.188. The van der Waals surface area contributed by atoms with Crippen molar-refractivity contribution in [2.45, 2.75) is 9.79 Å². The van der Waals surface area contributed by atoms with Crippen LogP contribution in [0.4, 0.5) is 5.69 Å². The Morgan fingerprint density at radius 1 is 1.04 bits per heavy atom. The van der Waals surface area contributed by atoms with Gasteiger partial charge in [0.1, 0.15) is 0 Å². The second-order valence-corrected chi connectivity index (χ2v) is 7.62. The van der Waals surface area contributed by atoms with Gasteiger partial charge in [-0.1, -0.05) is 0 Å². The van der Waals surface area contributed by atoms with Gasteiger partial charge in [-0.05, 0) is 54.8 Å². The summed E-state index contributed by atoms with van der Waals surface area (Å²) < 4.78 is 26.5. The van der Waals surface area contributed by atoms with Crippen molar-refractivity contribution in [2.24, 2.45) is 0 Å². The standard InChI is InChI=1S/C16H18N2O3S2/c1-17-16(19)12-4-6-13(7-5-12)18(2)23(20,21)15-10-8-14(22-3)9-11-15/h4-11H,1-3H3,(H,17,19). The van der Waals surface area contributed by atoms with Crippen molar-refractivity contribution in [3.63, 3.8) is 0 Å². The maximum atomic E-state index is 12.6. The van der Waals surface area contributed by atoms with E-state index in [2.05, 4.69) is 5.32 Å². The molecule has 0 heterocycles. The quantitative estimate of drug-likeness (QED) is 0.842. The van der Waals surface area contributed by atoms with Crippen molar-refractivity contribution in [3.05, 3.63) is 54.1 Å². The van der Waals surface area contributed by atoms with E-state index in [4.69, 9.17) is 0 Å². The molecular formula is C16H18N2O3S2. The highest BCUT2D eigenvalue weighted by atomic mass is 32.2. The first kappa shape index (κ1) is 17.4. The molecule has 0 saturated carbocycles. The van der Waals surface area contributed by atoms with Crippen LogP contribution >= 0.6 is 11.8 Å². The van der Waals surface area contributed by atoms with E-state index >= 15 is 0 Å². The van der Waals surface area contributed by atoms with Gasteiger partial charge in [0.25, 0.3) is 15.9 Å². The summed E-state index contributed by atoms with van der Waals surface area (Å²) in [6.45, 7) is 0. The van der Waals surface area contributed by atoms with Crippen LogP contribution in [-0.4, -0.2) is 34.7 Å². The molecular weight excluding hydrogens is 332 g/mol. The SMILES string of the molecule is CNC(=O)c1ccc(N(C)S(=O)(=O)c2ccc(SC)cc2)cc1. The fourth-order valence-corrected chi connectivity index (χ4v) is 3.62. The normalized spacial score (nSPS) is 11.1. The van der Waals surface area contributed by atoms with E-state index < -0.39 is 10.0 Å². The molecule has 1 N–H and O–H groups in total. The predicted octanol–water partition coefficient (Wildman–Crippen LogP) is 2.59. The zero-order valence-electron chi connectivity index (χ0n) is 13.1. The summed E-state index contributed by atoms with van der Waals surface area (Å²) >= 11 is 1.55. The molecule has 0 unspecified atom stereocenters. The summed E-state index contributed by atoms with van der Waals surface area (Å²) in [6.07, 6.45) is 1.93. The number of carbonyl (C=O) groups is 1. The first-order valence-electron chi connectivity index (χ1n) is 6.85. The highest BCUT2D eigenvalue weighted by Crippen LogP contribution is 2.24. The molecule has 23 heavy (non-hydrogen) atoms. The van der Waals surface area contributed by atoms with Gasteiger partial charge in [0.05, 0.1) is 10.6 Å². The average Bonchev–Trinajstić information content (AvgIpc) is 2.60. The molecule has 5 nitrogen and oxygen atoms in total. The number of anilines is 1. The summed E-state index contributed by atoms with van der Waals surface area (Å²) in [5, 5.41) is 2.52. The minimum atomic E-state index is -3.63. The number of carbonyl (C=O) groups excluding carboxylic acids is 1. The van der Waals surface area contributed by atoms with E-state index in [0.717, 1.165) is 4.90 Å². The minimum Gasteiger partial charge on any atom is -0.355 e. The third-order valence-corrected chi connectivity index (χ3v) is 5.98. The molecule has 2 aromatic carbocycles. The molecule has 0 fully saturated rings. The summed E-state index contributed by atoms with van der Waals surface area (Å²) in [5.74, 6) is -0.213. The Balaban J connectivity index is 2.30. The van der Waals surface area contributed by atoms with Crippen LogP contribution in [0.3, 0.4) is 0 Å². The molecule has 122 valence electrons. The molecule has 1 amide bonds. The minimum absolute atomic E-state index is 0.213. The van der Waals surface area contributed by atoms with E-state index in [1.54, 1.807) is 67.3 Å². The second-order valence-electron chi connectivity index (χ2n) is 4.77. The van der Waals surface area contributed by atoms with Gasteiger partial charge in [0, 0.05) is 24.6 Å². The van der Waals surface area contributed by atoms with Crippen LogP contribution in [0.15, 0.2) is 58.3 Å². The Morgan fingerprint density at radius 2 is 1.61 bits per heavy atom. The predicted molar refractivity (Wildman–Crippen MR) is 93.6 cm³/mol. The van der Waals surface area contributed by atoms with Crippen molar-refractivity contribution in [1.29, 1.82) is 0 Å². The molecule has 0 saturated heterocycles. The maximum Gasteiger partial charge on any atom is 0.264 e. The molecule has 2 rings (SSSR count). The van der Waals surface area contributed by atoms with Gasteiger partial charge in [-0.15, -0.1) is 11.8 Å². The Morgan fingerprint density at radius 3 is 2.09 bits per heavy atom. The van der Waals surface area contributed by atoms with Crippen LogP contribution in [0.2, 0.25) is 0 Å². The molecule has 0 aliphatic carbocycles. The highest BCUT2D eigenvalue weighted by molar-refractivity contribution is 7.98. The summed E-state index contributed by atoms with van der Waals surface area (Å²) in [5.41, 5.74) is 0.970.